The van der Waals surface area contributed by atoms with Crippen LogP contribution < -0.4 is 149 Å². The average molecular weight is 1290 g/mol. The van der Waals surface area contributed by atoms with Crippen LogP contribution in [0.2, 0.25) is 0 Å². The van der Waals surface area contributed by atoms with Gasteiger partial charge in [-0.05, 0) is 114 Å². The van der Waals surface area contributed by atoms with Gasteiger partial charge in [-0.1, -0.05) is 107 Å². The van der Waals surface area contributed by atoms with Gasteiger partial charge in [-0.15, -0.1) is 23.2 Å². The minimum absolute atomic E-state index is 0. The van der Waals surface area contributed by atoms with E-state index >= 15 is 0 Å². The molecule has 3 aromatic rings. The number of esters is 2. The van der Waals surface area contributed by atoms with Crippen LogP contribution in [0.25, 0.3) is 0 Å². The van der Waals surface area contributed by atoms with E-state index in [2.05, 4.69) is 33.0 Å². The van der Waals surface area contributed by atoms with E-state index in [1.54, 1.807) is 20.8 Å². The first kappa shape index (κ1) is 76.4. The molecule has 3 aromatic carbocycles. The largest absolute Gasteiger partial charge is 1.00 e. The van der Waals surface area contributed by atoms with Gasteiger partial charge < -0.3 is 46.1 Å². The van der Waals surface area contributed by atoms with Crippen LogP contribution in [0.1, 0.15) is 115 Å². The van der Waals surface area contributed by atoms with E-state index in [-0.39, 0.29) is 205 Å². The van der Waals surface area contributed by atoms with Gasteiger partial charge in [0.1, 0.15) is 19.3 Å². The monoisotopic (exact) mass is 1290 g/mol. The topological polar surface area (TPSA) is 193 Å². The van der Waals surface area contributed by atoms with E-state index in [1.807, 2.05) is 155 Å². The average Bonchev–Trinajstić information content (AvgIpc) is 3.24. The zero-order chi connectivity index (χ0) is 50.8. The Kier molecular flexibility index (Phi) is 50.2. The van der Waals surface area contributed by atoms with Crippen molar-refractivity contribution in [2.75, 3.05) is 5.34 Å². The molecule has 0 radical (unpaired) electrons. The molecule has 13 nitrogen and oxygen atoms in total. The number of ether oxygens (including phenoxy) is 5. The van der Waals surface area contributed by atoms with Crippen molar-refractivity contribution in [2.24, 2.45) is 17.6 Å². The third kappa shape index (κ3) is 47.3. The summed E-state index contributed by atoms with van der Waals surface area (Å²) in [5, 5.41) is 18.2. The number of carboxylic acids is 1. The summed E-state index contributed by atoms with van der Waals surface area (Å²) in [6.45, 7) is 26.8. The fraction of sp³-hybridized carbons (Fsp3) is 0.551. The first-order chi connectivity index (χ1) is 30.1. The summed E-state index contributed by atoms with van der Waals surface area (Å²) in [6.07, 6.45) is -0.797. The Morgan fingerprint density at radius 1 is 0.627 bits per heavy atom. The first-order valence-electron chi connectivity index (χ1n) is 21.0. The number of halogens is 3. The van der Waals surface area contributed by atoms with Crippen LogP contribution in [0.4, 0.5) is 0 Å². The molecule has 0 fully saturated rings. The van der Waals surface area contributed by atoms with E-state index in [4.69, 9.17) is 67.8 Å². The summed E-state index contributed by atoms with van der Waals surface area (Å²) < 4.78 is 27.4. The molecule has 0 aliphatic rings. The molecule has 0 aromatic heterocycles. The Morgan fingerprint density at radius 2 is 0.910 bits per heavy atom. The molecular weight excluding hydrogens is 1210 g/mol. The van der Waals surface area contributed by atoms with Gasteiger partial charge >= 0.3 is 156 Å². The maximum atomic E-state index is 11.9. The van der Waals surface area contributed by atoms with Crippen molar-refractivity contribution < 1.29 is 197 Å². The van der Waals surface area contributed by atoms with Gasteiger partial charge in [-0.2, -0.15) is 0 Å². The third-order valence-electron chi connectivity index (χ3n) is 8.05. The fourth-order valence-electron chi connectivity index (χ4n) is 4.79. The Balaban J connectivity index is -0.000000183. The van der Waals surface area contributed by atoms with Crippen molar-refractivity contribution in [3.8, 4) is 0 Å². The van der Waals surface area contributed by atoms with E-state index < -0.39 is 23.9 Å². The van der Waals surface area contributed by atoms with E-state index in [9.17, 15) is 14.4 Å². The molecule has 0 saturated heterocycles. The number of aliphatic carboxylic acids is 1. The van der Waals surface area contributed by atoms with Crippen LogP contribution in [-0.2, 0) is 66.3 Å². The number of carbonyl (C=O) groups is 4. The molecule has 18 heteroatoms. The van der Waals surface area contributed by atoms with Gasteiger partial charge in [0.05, 0.1) is 52.3 Å². The molecule has 0 aliphatic heterocycles. The molecule has 6 unspecified atom stereocenters. The Labute approximate surface area is 539 Å². The Bertz CT molecular complexity index is 1600. The van der Waals surface area contributed by atoms with Crippen LogP contribution in [-0.4, -0.2) is 76.0 Å². The van der Waals surface area contributed by atoms with Crippen LogP contribution in [0, 0.1) is 11.8 Å². The predicted molar refractivity (Wildman–Crippen MR) is 261 cm³/mol. The molecule has 3 N–H and O–H groups in total. The van der Waals surface area contributed by atoms with Crippen LogP contribution >= 0.6 is 39.1 Å². The standard InChI is InChI=1S/C16H24O3.C15H23NO3.C9H18O3.C7H7Br.CH2Cl2.CH2O3.2Cs.H/c1-12(13(2)19-16(3,4)5)15(17)18-11-14-9-7-6-8-10-14;1-11(19-15(2,3)4)13(16)14(17)18-10-12-8-6-5-7-9-12;1-6(8(10)11)7(2)12-9(3,4)5;8-6-7-4-2-1-3-5-7;2-1-3;2-1-4-3;;;/h6-10,12-13H,11H2,1-5H3;5-9,11,13H,10,16H2,1-4H3;6-7H,1-5H3,(H,10,11);1-5H,6H2;1H2;1,3H;;;/q;;;;;;2*+1;-1/p-1. The number of alkyl halides is 3. The second-order valence-electron chi connectivity index (χ2n) is 17.3. The zero-order valence-corrected chi connectivity index (χ0v) is 58.3. The van der Waals surface area contributed by atoms with Crippen molar-refractivity contribution in [3.05, 3.63) is 108 Å². The maximum Gasteiger partial charge on any atom is 1.00 e. The molecule has 3 rings (SSSR count). The SMILES string of the molecule is BrCc1ccccc1.CC(OC(C)(C)C)C(C)C(=O)O.CC(OC(C)(C)C)C(C)C(=O)OCc1ccccc1.CC(OC(C)(C)C)C(N)C(=O)OCc1ccccc1.ClCCl.O=CO[O-].[Cs+].[Cs+].[H-]. The van der Waals surface area contributed by atoms with E-state index in [0.717, 1.165) is 16.5 Å². The molecule has 0 amide bonds. The second kappa shape index (κ2) is 44.0. The van der Waals surface area contributed by atoms with Gasteiger partial charge in [0, 0.05) is 5.33 Å². The summed E-state index contributed by atoms with van der Waals surface area (Å²) in [5.74, 6) is -2.21. The van der Waals surface area contributed by atoms with Crippen molar-refractivity contribution in [2.45, 2.75) is 157 Å². The van der Waals surface area contributed by atoms with Gasteiger partial charge in [0.15, 0.2) is 0 Å². The van der Waals surface area contributed by atoms with Gasteiger partial charge in [0.25, 0.3) is 6.47 Å². The van der Waals surface area contributed by atoms with Crippen LogP contribution in [0.5, 0.6) is 0 Å². The van der Waals surface area contributed by atoms with Crippen molar-refractivity contribution in [1.29, 1.82) is 0 Å². The molecule has 0 spiro atoms. The van der Waals surface area contributed by atoms with Gasteiger partial charge in [-0.25, -0.2) is 0 Å². The van der Waals surface area contributed by atoms with E-state index in [1.165, 1.54) is 5.56 Å². The number of benzene rings is 3. The Morgan fingerprint density at radius 3 is 1.18 bits per heavy atom. The summed E-state index contributed by atoms with van der Waals surface area (Å²) in [5.41, 5.74) is 8.22. The summed E-state index contributed by atoms with van der Waals surface area (Å²) in [7, 11) is 0. The molecule has 0 bridgehead atoms. The number of hydrogen-bond acceptors (Lipinski definition) is 12. The normalized spacial score (nSPS) is 13.1. The zero-order valence-electron chi connectivity index (χ0n) is 43.7. The van der Waals surface area contributed by atoms with E-state index in [0.29, 0.717) is 6.61 Å². The first-order valence-corrected chi connectivity index (χ1v) is 23.2. The quantitative estimate of drug-likeness (QED) is 0.0721. The number of carbonyl (C=O) groups excluding carboxylic acids is 3. The smallest absolute Gasteiger partial charge is 1.00 e. The summed E-state index contributed by atoms with van der Waals surface area (Å²) in [6, 6.07) is 28.7. The molecule has 0 heterocycles. The van der Waals surface area contributed by atoms with Crippen molar-refractivity contribution in [3.63, 3.8) is 0 Å². The predicted octanol–water partition coefficient (Wildman–Crippen LogP) is 4.30. The number of carboxylic acid groups (broad SMARTS) is 1. The molecule has 0 aliphatic carbocycles. The Hall–Kier alpha value is 0.504. The minimum atomic E-state index is -0.813. The van der Waals surface area contributed by atoms with Crippen LogP contribution in [0.15, 0.2) is 91.0 Å². The number of hydrogen-bond donors (Lipinski definition) is 2. The van der Waals surface area contributed by atoms with Crippen molar-refractivity contribution >= 4 is 63.5 Å². The molecule has 67 heavy (non-hydrogen) atoms. The maximum absolute atomic E-state index is 11.9. The van der Waals surface area contributed by atoms with Crippen LogP contribution in [0.3, 0.4) is 0 Å². The van der Waals surface area contributed by atoms with Gasteiger partial charge in [-0.3, -0.25) is 19.2 Å². The van der Waals surface area contributed by atoms with Crippen molar-refractivity contribution in [1.82, 2.24) is 0 Å². The molecular formula is C49H76BrCl2Cs2NO12. The number of nitrogens with two attached hydrogens (primary N) is 1. The molecule has 6 atom stereocenters. The molecule has 0 saturated carbocycles. The van der Waals surface area contributed by atoms with Gasteiger partial charge in [0.2, 0.25) is 0 Å². The second-order valence-corrected chi connectivity index (χ2v) is 18.7. The number of rotatable bonds is 15. The molecule has 372 valence electrons. The summed E-state index contributed by atoms with van der Waals surface area (Å²) in [4.78, 5) is 45.6. The summed E-state index contributed by atoms with van der Waals surface area (Å²) >= 11 is 12.9. The third-order valence-corrected chi connectivity index (χ3v) is 8.70. The fourth-order valence-corrected chi connectivity index (χ4v) is 5.16. The minimum Gasteiger partial charge on any atom is -1.00 e.